The molecule has 4 N–H and O–H groups in total. The Morgan fingerprint density at radius 1 is 1.42 bits per heavy atom. The molecule has 0 radical (unpaired) electrons. The Bertz CT molecular complexity index is 433. The van der Waals surface area contributed by atoms with Crippen LogP contribution in [0.25, 0.3) is 0 Å². The van der Waals surface area contributed by atoms with Gasteiger partial charge < -0.3 is 20.8 Å². The Balaban J connectivity index is 2.07. The second-order valence-electron chi connectivity index (χ2n) is 4.97. The maximum Gasteiger partial charge on any atom is 0.308 e. The number of anilines is 1. The topological polar surface area (TPSA) is 86.8 Å². The zero-order chi connectivity index (χ0) is 13.8. The molecule has 1 saturated heterocycles. The fourth-order valence-corrected chi connectivity index (χ4v) is 2.46. The van der Waals surface area contributed by atoms with E-state index >= 15 is 0 Å². The monoisotopic (exact) mass is 264 g/mol. The Morgan fingerprint density at radius 2 is 2.11 bits per heavy atom. The number of aliphatic hydroxyl groups excluding tert-OH is 1. The molecule has 1 aromatic rings. The molecule has 2 unspecified atom stereocenters. The first-order valence-electron chi connectivity index (χ1n) is 6.57. The summed E-state index contributed by atoms with van der Waals surface area (Å²) in [5.74, 6) is -1.01. The van der Waals surface area contributed by atoms with Gasteiger partial charge in [-0.05, 0) is 30.5 Å². The maximum atomic E-state index is 11.0. The molecular formula is C14H20N2O3. The number of aliphatic carboxylic acids is 1. The number of nitrogens with two attached hydrogens (primary N) is 1. The first-order chi connectivity index (χ1) is 9.11. The molecule has 2 rings (SSSR count). The van der Waals surface area contributed by atoms with Crippen molar-refractivity contribution in [3.05, 3.63) is 29.8 Å². The van der Waals surface area contributed by atoms with Crippen molar-refractivity contribution in [2.75, 3.05) is 24.5 Å². The molecule has 1 heterocycles. The van der Waals surface area contributed by atoms with Gasteiger partial charge in [-0.1, -0.05) is 12.1 Å². The number of hydrogen-bond donors (Lipinski definition) is 3. The molecule has 19 heavy (non-hydrogen) atoms. The largest absolute Gasteiger partial charge is 0.481 e. The third kappa shape index (κ3) is 3.24. The summed E-state index contributed by atoms with van der Waals surface area (Å²) in [4.78, 5) is 13.1. The van der Waals surface area contributed by atoms with E-state index in [1.807, 2.05) is 24.3 Å². The summed E-state index contributed by atoms with van der Waals surface area (Å²) < 4.78 is 0. The Hall–Kier alpha value is -1.59. The van der Waals surface area contributed by atoms with Crippen LogP contribution >= 0.6 is 0 Å². The predicted molar refractivity (Wildman–Crippen MR) is 73.0 cm³/mol. The van der Waals surface area contributed by atoms with Crippen molar-refractivity contribution in [3.8, 4) is 0 Å². The smallest absolute Gasteiger partial charge is 0.308 e. The van der Waals surface area contributed by atoms with Gasteiger partial charge in [-0.25, -0.2) is 0 Å². The highest BCUT2D eigenvalue weighted by Gasteiger charge is 2.25. The molecule has 0 amide bonds. The quantitative estimate of drug-likeness (QED) is 0.754. The van der Waals surface area contributed by atoms with Crippen molar-refractivity contribution in [3.63, 3.8) is 0 Å². The molecule has 5 nitrogen and oxygen atoms in total. The summed E-state index contributed by atoms with van der Waals surface area (Å²) >= 11 is 0. The van der Waals surface area contributed by atoms with Crippen LogP contribution in [-0.2, 0) is 4.79 Å². The van der Waals surface area contributed by atoms with Crippen LogP contribution in [0, 0.1) is 5.92 Å². The molecule has 1 aromatic carbocycles. The minimum atomic E-state index is -0.722. The van der Waals surface area contributed by atoms with E-state index in [1.54, 1.807) is 0 Å². The SMILES string of the molecule is NCC(O)c1ccc(N2CCCC(C(=O)O)C2)cc1. The highest BCUT2D eigenvalue weighted by Crippen LogP contribution is 2.24. The molecule has 0 aromatic heterocycles. The number of rotatable bonds is 4. The number of carbonyl (C=O) groups is 1. The summed E-state index contributed by atoms with van der Waals surface area (Å²) in [7, 11) is 0. The third-order valence-corrected chi connectivity index (χ3v) is 3.64. The minimum absolute atomic E-state index is 0.199. The predicted octanol–water partition coefficient (Wildman–Crippen LogP) is 0.980. The summed E-state index contributed by atoms with van der Waals surface area (Å²) in [5.41, 5.74) is 7.20. The van der Waals surface area contributed by atoms with Gasteiger partial charge in [0.25, 0.3) is 0 Å². The molecule has 1 aliphatic rings. The van der Waals surface area contributed by atoms with E-state index in [0.29, 0.717) is 6.54 Å². The summed E-state index contributed by atoms with van der Waals surface area (Å²) in [6.07, 6.45) is 1.00. The molecule has 104 valence electrons. The van der Waals surface area contributed by atoms with Gasteiger partial charge in [-0.3, -0.25) is 4.79 Å². The van der Waals surface area contributed by atoms with Crippen LogP contribution in [0.4, 0.5) is 5.69 Å². The molecule has 1 aliphatic heterocycles. The molecule has 0 aliphatic carbocycles. The van der Waals surface area contributed by atoms with Crippen LogP contribution in [0.15, 0.2) is 24.3 Å². The third-order valence-electron chi connectivity index (χ3n) is 3.64. The minimum Gasteiger partial charge on any atom is -0.481 e. The number of aliphatic hydroxyl groups is 1. The molecule has 0 saturated carbocycles. The summed E-state index contributed by atoms with van der Waals surface area (Å²) in [5, 5.41) is 18.7. The van der Waals surface area contributed by atoms with Gasteiger partial charge in [0.2, 0.25) is 0 Å². The van der Waals surface area contributed by atoms with Crippen molar-refractivity contribution >= 4 is 11.7 Å². The van der Waals surface area contributed by atoms with Crippen molar-refractivity contribution < 1.29 is 15.0 Å². The number of piperidine rings is 1. The normalized spacial score (nSPS) is 21.2. The van der Waals surface area contributed by atoms with Crippen LogP contribution in [0.5, 0.6) is 0 Å². The van der Waals surface area contributed by atoms with Crippen LogP contribution < -0.4 is 10.6 Å². The van der Waals surface area contributed by atoms with Crippen LogP contribution in [-0.4, -0.2) is 35.8 Å². The van der Waals surface area contributed by atoms with E-state index in [4.69, 9.17) is 10.8 Å². The number of hydrogen-bond acceptors (Lipinski definition) is 4. The average molecular weight is 264 g/mol. The zero-order valence-electron chi connectivity index (χ0n) is 10.8. The number of carboxylic acids is 1. The van der Waals surface area contributed by atoms with Gasteiger partial charge in [0.05, 0.1) is 12.0 Å². The second kappa shape index (κ2) is 6.04. The van der Waals surface area contributed by atoms with Crippen molar-refractivity contribution in [1.82, 2.24) is 0 Å². The molecule has 0 bridgehead atoms. The van der Waals surface area contributed by atoms with E-state index in [2.05, 4.69) is 4.90 Å². The standard InChI is InChI=1S/C14H20N2O3/c15-8-13(17)10-3-5-12(6-4-10)16-7-1-2-11(9-16)14(18)19/h3-6,11,13,17H,1-2,7-9,15H2,(H,18,19). The fourth-order valence-electron chi connectivity index (χ4n) is 2.46. The lowest BCUT2D eigenvalue weighted by molar-refractivity contribution is -0.141. The Labute approximate surface area is 112 Å². The lowest BCUT2D eigenvalue weighted by Gasteiger charge is -2.32. The average Bonchev–Trinajstić information content (AvgIpc) is 2.46. The maximum absolute atomic E-state index is 11.0. The second-order valence-corrected chi connectivity index (χ2v) is 4.97. The van der Waals surface area contributed by atoms with Crippen LogP contribution in [0.3, 0.4) is 0 Å². The number of carboxylic acid groups (broad SMARTS) is 1. The number of nitrogens with zero attached hydrogens (tertiary/aromatic N) is 1. The van der Waals surface area contributed by atoms with Crippen LogP contribution in [0.1, 0.15) is 24.5 Å². The molecule has 1 fully saturated rings. The van der Waals surface area contributed by atoms with Gasteiger partial charge in [0.15, 0.2) is 0 Å². The van der Waals surface area contributed by atoms with E-state index in [0.717, 1.165) is 30.6 Å². The first kappa shape index (κ1) is 13.8. The fraction of sp³-hybridized carbons (Fsp3) is 0.500. The van der Waals surface area contributed by atoms with E-state index < -0.39 is 12.1 Å². The molecule has 0 spiro atoms. The summed E-state index contributed by atoms with van der Waals surface area (Å²) in [6, 6.07) is 7.52. The van der Waals surface area contributed by atoms with Gasteiger partial charge >= 0.3 is 5.97 Å². The Kier molecular flexibility index (Phi) is 4.39. The van der Waals surface area contributed by atoms with Gasteiger partial charge in [-0.15, -0.1) is 0 Å². The summed E-state index contributed by atoms with van der Waals surface area (Å²) in [6.45, 7) is 1.63. The first-order valence-corrected chi connectivity index (χ1v) is 6.57. The van der Waals surface area contributed by atoms with Crippen molar-refractivity contribution in [1.29, 1.82) is 0 Å². The van der Waals surface area contributed by atoms with Gasteiger partial charge in [0.1, 0.15) is 0 Å². The Morgan fingerprint density at radius 3 is 2.68 bits per heavy atom. The lowest BCUT2D eigenvalue weighted by Crippen LogP contribution is -2.38. The molecule has 2 atom stereocenters. The van der Waals surface area contributed by atoms with E-state index in [9.17, 15) is 9.90 Å². The van der Waals surface area contributed by atoms with Gasteiger partial charge in [0, 0.05) is 25.3 Å². The molecular weight excluding hydrogens is 244 g/mol. The van der Waals surface area contributed by atoms with Crippen LogP contribution in [0.2, 0.25) is 0 Å². The highest BCUT2D eigenvalue weighted by molar-refractivity contribution is 5.71. The van der Waals surface area contributed by atoms with E-state index in [1.165, 1.54) is 0 Å². The zero-order valence-corrected chi connectivity index (χ0v) is 10.8. The lowest BCUT2D eigenvalue weighted by atomic mass is 9.97. The van der Waals surface area contributed by atoms with Crippen molar-refractivity contribution in [2.45, 2.75) is 18.9 Å². The molecule has 5 heteroatoms. The van der Waals surface area contributed by atoms with Gasteiger partial charge in [-0.2, -0.15) is 0 Å². The van der Waals surface area contributed by atoms with E-state index in [-0.39, 0.29) is 12.5 Å². The highest BCUT2D eigenvalue weighted by atomic mass is 16.4. The van der Waals surface area contributed by atoms with Crippen molar-refractivity contribution in [2.24, 2.45) is 11.7 Å². The number of benzene rings is 1.